The fourth-order valence-corrected chi connectivity index (χ4v) is 3.07. The monoisotopic (exact) mass is 316 g/mol. The molecule has 1 aliphatic heterocycles. The number of amides is 1. The molecule has 1 heterocycles. The van der Waals surface area contributed by atoms with Crippen molar-refractivity contribution in [2.75, 3.05) is 13.1 Å². The number of carbonyl (C=O) groups excluding carboxylic acids is 1. The Morgan fingerprint density at radius 3 is 2.36 bits per heavy atom. The van der Waals surface area contributed by atoms with Crippen LogP contribution in [0.1, 0.15) is 34.7 Å². The van der Waals surface area contributed by atoms with Crippen molar-refractivity contribution < 1.29 is 4.79 Å². The molecule has 2 aromatic rings. The second kappa shape index (κ2) is 7.43. The fraction of sp³-hybridized carbons (Fsp3) is 0.278. The summed E-state index contributed by atoms with van der Waals surface area (Å²) in [5, 5.41) is 3.39. The van der Waals surface area contributed by atoms with Gasteiger partial charge >= 0.3 is 0 Å². The first-order valence-electron chi connectivity index (χ1n) is 7.45. The smallest absolute Gasteiger partial charge is 0.248 e. The van der Waals surface area contributed by atoms with E-state index in [1.807, 2.05) is 36.4 Å². The normalized spacial score (nSPS) is 15.1. The van der Waals surface area contributed by atoms with Crippen LogP contribution in [0.2, 0.25) is 0 Å². The van der Waals surface area contributed by atoms with Gasteiger partial charge < -0.3 is 11.1 Å². The van der Waals surface area contributed by atoms with E-state index < -0.39 is 0 Å². The molecule has 0 radical (unpaired) electrons. The molecule has 3 nitrogen and oxygen atoms in total. The molecule has 0 atom stereocenters. The summed E-state index contributed by atoms with van der Waals surface area (Å²) in [5.74, 6) is 0.130. The van der Waals surface area contributed by atoms with Crippen molar-refractivity contribution in [1.82, 2.24) is 5.32 Å². The predicted octanol–water partition coefficient (Wildman–Crippen LogP) is 3.34. The number of hydrogen-bond acceptors (Lipinski definition) is 2. The lowest BCUT2D eigenvalue weighted by molar-refractivity contribution is 0.1000. The second-order valence-corrected chi connectivity index (χ2v) is 5.56. The zero-order valence-corrected chi connectivity index (χ0v) is 13.2. The first kappa shape index (κ1) is 16.5. The third-order valence-corrected chi connectivity index (χ3v) is 4.20. The van der Waals surface area contributed by atoms with Gasteiger partial charge in [-0.25, -0.2) is 0 Å². The number of hydrogen-bond donors (Lipinski definition) is 2. The van der Waals surface area contributed by atoms with Crippen LogP contribution in [-0.4, -0.2) is 19.0 Å². The molecule has 1 saturated heterocycles. The van der Waals surface area contributed by atoms with Crippen molar-refractivity contribution in [2.45, 2.75) is 18.8 Å². The molecular formula is C18H21ClN2O. The third-order valence-electron chi connectivity index (χ3n) is 4.20. The molecule has 3 rings (SSSR count). The molecule has 2 aromatic carbocycles. The van der Waals surface area contributed by atoms with Crippen LogP contribution in [0.3, 0.4) is 0 Å². The number of halogens is 1. The van der Waals surface area contributed by atoms with Crippen LogP contribution in [0.4, 0.5) is 0 Å². The van der Waals surface area contributed by atoms with Crippen LogP contribution in [0.25, 0.3) is 11.1 Å². The van der Waals surface area contributed by atoms with Gasteiger partial charge in [0.1, 0.15) is 0 Å². The van der Waals surface area contributed by atoms with Crippen molar-refractivity contribution >= 4 is 18.3 Å². The predicted molar refractivity (Wildman–Crippen MR) is 92.5 cm³/mol. The average Bonchev–Trinajstić information content (AvgIpc) is 2.56. The SMILES string of the molecule is Cl.NC(=O)c1ccc(-c2ccccc2)c(C2CCNCC2)c1. The van der Waals surface area contributed by atoms with Crippen LogP contribution in [0.15, 0.2) is 48.5 Å². The molecule has 1 aliphatic rings. The number of piperidine rings is 1. The van der Waals surface area contributed by atoms with Gasteiger partial charge in [-0.3, -0.25) is 4.79 Å². The quantitative estimate of drug-likeness (QED) is 0.912. The largest absolute Gasteiger partial charge is 0.366 e. The maximum atomic E-state index is 11.5. The zero-order chi connectivity index (χ0) is 14.7. The number of benzene rings is 2. The van der Waals surface area contributed by atoms with Gasteiger partial charge in [0.15, 0.2) is 0 Å². The minimum Gasteiger partial charge on any atom is -0.366 e. The Balaban J connectivity index is 0.00000176. The minimum absolute atomic E-state index is 0. The number of rotatable bonds is 3. The maximum Gasteiger partial charge on any atom is 0.248 e. The van der Waals surface area contributed by atoms with Gasteiger partial charge in [0.05, 0.1) is 0 Å². The summed E-state index contributed by atoms with van der Waals surface area (Å²) in [7, 11) is 0. The summed E-state index contributed by atoms with van der Waals surface area (Å²) in [6, 6.07) is 16.2. The highest BCUT2D eigenvalue weighted by atomic mass is 35.5. The summed E-state index contributed by atoms with van der Waals surface area (Å²) >= 11 is 0. The molecule has 0 aromatic heterocycles. The molecule has 4 heteroatoms. The number of carbonyl (C=O) groups is 1. The lowest BCUT2D eigenvalue weighted by atomic mass is 9.84. The molecule has 116 valence electrons. The van der Waals surface area contributed by atoms with Crippen LogP contribution >= 0.6 is 12.4 Å². The van der Waals surface area contributed by atoms with Gasteiger partial charge in [0.2, 0.25) is 5.91 Å². The maximum absolute atomic E-state index is 11.5. The Labute approximate surface area is 137 Å². The molecule has 0 unspecified atom stereocenters. The number of nitrogens with two attached hydrogens (primary N) is 1. The highest BCUT2D eigenvalue weighted by Crippen LogP contribution is 2.34. The summed E-state index contributed by atoms with van der Waals surface area (Å²) in [6.07, 6.45) is 2.20. The van der Waals surface area contributed by atoms with E-state index in [1.165, 1.54) is 16.7 Å². The fourth-order valence-electron chi connectivity index (χ4n) is 3.07. The zero-order valence-electron chi connectivity index (χ0n) is 12.4. The second-order valence-electron chi connectivity index (χ2n) is 5.56. The highest BCUT2D eigenvalue weighted by molar-refractivity contribution is 5.93. The Morgan fingerprint density at radius 2 is 1.73 bits per heavy atom. The molecule has 0 spiro atoms. The Bertz CT molecular complexity index is 637. The standard InChI is InChI=1S/C18H20N2O.ClH/c19-18(21)15-6-7-16(13-4-2-1-3-5-13)17(12-15)14-8-10-20-11-9-14;/h1-7,12,14,20H,8-11H2,(H2,19,21);1H. The topological polar surface area (TPSA) is 55.1 Å². The van der Waals surface area contributed by atoms with Crippen molar-refractivity contribution in [1.29, 1.82) is 0 Å². The molecule has 3 N–H and O–H groups in total. The van der Waals surface area contributed by atoms with Gasteiger partial charge in [-0.05, 0) is 60.7 Å². The molecular weight excluding hydrogens is 296 g/mol. The van der Waals surface area contributed by atoms with Crippen molar-refractivity contribution in [2.24, 2.45) is 5.73 Å². The minimum atomic E-state index is -0.357. The summed E-state index contributed by atoms with van der Waals surface area (Å²) < 4.78 is 0. The van der Waals surface area contributed by atoms with Crippen LogP contribution in [0, 0.1) is 0 Å². The summed E-state index contributed by atoms with van der Waals surface area (Å²) in [6.45, 7) is 2.05. The van der Waals surface area contributed by atoms with Gasteiger partial charge in [-0.1, -0.05) is 36.4 Å². The molecule has 0 aliphatic carbocycles. The lowest BCUT2D eigenvalue weighted by Crippen LogP contribution is -2.27. The lowest BCUT2D eigenvalue weighted by Gasteiger charge is -2.25. The van der Waals surface area contributed by atoms with E-state index in [0.29, 0.717) is 11.5 Å². The van der Waals surface area contributed by atoms with Crippen LogP contribution < -0.4 is 11.1 Å². The number of nitrogens with one attached hydrogen (secondary N) is 1. The van der Waals surface area contributed by atoms with E-state index in [1.54, 1.807) is 0 Å². The van der Waals surface area contributed by atoms with Gasteiger partial charge in [-0.2, -0.15) is 0 Å². The molecule has 22 heavy (non-hydrogen) atoms. The van der Waals surface area contributed by atoms with Crippen molar-refractivity contribution in [3.05, 3.63) is 59.7 Å². The number of primary amides is 1. The summed E-state index contributed by atoms with van der Waals surface area (Å²) in [4.78, 5) is 11.5. The van der Waals surface area contributed by atoms with Crippen molar-refractivity contribution in [3.63, 3.8) is 0 Å². The van der Waals surface area contributed by atoms with Gasteiger partial charge in [0.25, 0.3) is 0 Å². The van der Waals surface area contributed by atoms with E-state index in [9.17, 15) is 4.79 Å². The van der Waals surface area contributed by atoms with E-state index in [4.69, 9.17) is 5.73 Å². The van der Waals surface area contributed by atoms with Gasteiger partial charge in [-0.15, -0.1) is 12.4 Å². The average molecular weight is 317 g/mol. The van der Waals surface area contributed by atoms with E-state index in [2.05, 4.69) is 17.4 Å². The van der Waals surface area contributed by atoms with E-state index in [0.717, 1.165) is 25.9 Å². The third kappa shape index (κ3) is 3.49. The van der Waals surface area contributed by atoms with E-state index in [-0.39, 0.29) is 18.3 Å². The van der Waals surface area contributed by atoms with Crippen LogP contribution in [-0.2, 0) is 0 Å². The Hall–Kier alpha value is -1.84. The van der Waals surface area contributed by atoms with Crippen molar-refractivity contribution in [3.8, 4) is 11.1 Å². The molecule has 0 bridgehead atoms. The molecule has 1 fully saturated rings. The van der Waals surface area contributed by atoms with Gasteiger partial charge in [0, 0.05) is 5.56 Å². The summed E-state index contributed by atoms with van der Waals surface area (Å²) in [5.41, 5.74) is 9.71. The first-order chi connectivity index (χ1) is 10.3. The molecule has 0 saturated carbocycles. The first-order valence-corrected chi connectivity index (χ1v) is 7.45. The highest BCUT2D eigenvalue weighted by Gasteiger charge is 2.20. The van der Waals surface area contributed by atoms with Crippen LogP contribution in [0.5, 0.6) is 0 Å². The van der Waals surface area contributed by atoms with E-state index >= 15 is 0 Å². The Kier molecular flexibility index (Phi) is 5.58. The molecule has 1 amide bonds. The Morgan fingerprint density at radius 1 is 1.05 bits per heavy atom.